The Morgan fingerprint density at radius 1 is 1.14 bits per heavy atom. The summed E-state index contributed by atoms with van der Waals surface area (Å²) >= 11 is 0. The molecule has 3 aromatic rings. The molecule has 1 unspecified atom stereocenters. The van der Waals surface area contributed by atoms with Crippen LogP contribution >= 0.6 is 0 Å². The van der Waals surface area contributed by atoms with Crippen LogP contribution in [0.25, 0.3) is 11.2 Å². The Morgan fingerprint density at radius 2 is 2.00 bits per heavy atom. The third-order valence-corrected chi connectivity index (χ3v) is 5.00. The van der Waals surface area contributed by atoms with E-state index in [-0.39, 0.29) is 17.6 Å². The molecular weight excluding hydrogens is 354 g/mol. The van der Waals surface area contributed by atoms with Crippen molar-refractivity contribution >= 4 is 34.2 Å². The van der Waals surface area contributed by atoms with Crippen molar-refractivity contribution in [3.8, 4) is 0 Å². The number of fused-ring (bicyclic) bond motifs is 1. The van der Waals surface area contributed by atoms with Crippen molar-refractivity contribution in [1.82, 2.24) is 15.0 Å². The highest BCUT2D eigenvalue weighted by Crippen LogP contribution is 2.25. The summed E-state index contributed by atoms with van der Waals surface area (Å²) in [5, 5.41) is 2.95. The van der Waals surface area contributed by atoms with Crippen molar-refractivity contribution in [3.05, 3.63) is 54.5 Å². The maximum Gasteiger partial charge on any atom is 0.229 e. The Morgan fingerprint density at radius 3 is 2.86 bits per heavy atom. The number of amides is 1. The molecular formula is C21H21N5O2. The average Bonchev–Trinajstić information content (AvgIpc) is 2.73. The summed E-state index contributed by atoms with van der Waals surface area (Å²) in [7, 11) is 0. The van der Waals surface area contributed by atoms with E-state index < -0.39 is 0 Å². The number of carbonyl (C=O) groups excluding carboxylic acids is 2. The quantitative estimate of drug-likeness (QED) is 0.705. The molecule has 0 bridgehead atoms. The summed E-state index contributed by atoms with van der Waals surface area (Å²) < 4.78 is 0. The number of carbonyl (C=O) groups is 2. The second kappa shape index (κ2) is 7.72. The molecule has 0 aliphatic carbocycles. The number of pyridine rings is 1. The van der Waals surface area contributed by atoms with Gasteiger partial charge in [-0.2, -0.15) is 0 Å². The molecule has 1 N–H and O–H groups in total. The van der Waals surface area contributed by atoms with Crippen LogP contribution in [0.4, 0.5) is 11.4 Å². The molecule has 7 nitrogen and oxygen atoms in total. The second-order valence-electron chi connectivity index (χ2n) is 7.00. The van der Waals surface area contributed by atoms with Crippen molar-refractivity contribution < 1.29 is 9.59 Å². The van der Waals surface area contributed by atoms with Crippen LogP contribution in [0.1, 0.15) is 30.1 Å². The van der Waals surface area contributed by atoms with Gasteiger partial charge in [-0.15, -0.1) is 0 Å². The molecule has 3 heterocycles. The molecule has 142 valence electrons. The van der Waals surface area contributed by atoms with Gasteiger partial charge in [0.15, 0.2) is 11.4 Å². The average molecular weight is 375 g/mol. The Bertz CT molecular complexity index is 1040. The van der Waals surface area contributed by atoms with Crippen LogP contribution in [0.5, 0.6) is 0 Å². The molecule has 1 saturated heterocycles. The van der Waals surface area contributed by atoms with Crippen molar-refractivity contribution in [1.29, 1.82) is 0 Å². The molecule has 0 spiro atoms. The standard InChI is InChI=1S/C21H21N5O2/c1-14(27)15-4-2-6-17(10-15)25-21(28)16-5-3-9-26(13-16)18-11-19-20(24-12-18)23-8-7-22-19/h2,4,6-8,10-12,16H,3,5,9,13H2,1H3,(H,25,28). The number of hydrogen-bond donors (Lipinski definition) is 1. The van der Waals surface area contributed by atoms with E-state index in [4.69, 9.17) is 0 Å². The van der Waals surface area contributed by atoms with Gasteiger partial charge in [-0.25, -0.2) is 9.97 Å². The maximum atomic E-state index is 12.8. The van der Waals surface area contributed by atoms with Crippen LogP contribution < -0.4 is 10.2 Å². The first-order valence-corrected chi connectivity index (χ1v) is 9.34. The zero-order valence-corrected chi connectivity index (χ0v) is 15.6. The smallest absolute Gasteiger partial charge is 0.229 e. The lowest BCUT2D eigenvalue weighted by molar-refractivity contribution is -0.120. The van der Waals surface area contributed by atoms with Gasteiger partial charge in [0.25, 0.3) is 0 Å². The zero-order valence-electron chi connectivity index (χ0n) is 15.6. The molecule has 1 aliphatic rings. The number of nitrogens with zero attached hydrogens (tertiary/aromatic N) is 4. The van der Waals surface area contributed by atoms with Crippen molar-refractivity contribution in [2.45, 2.75) is 19.8 Å². The van der Waals surface area contributed by atoms with Crippen LogP contribution in [-0.4, -0.2) is 39.7 Å². The molecule has 1 aliphatic heterocycles. The first-order valence-electron chi connectivity index (χ1n) is 9.34. The topological polar surface area (TPSA) is 88.1 Å². The summed E-state index contributed by atoms with van der Waals surface area (Å²) in [4.78, 5) is 39.4. The fourth-order valence-corrected chi connectivity index (χ4v) is 3.51. The summed E-state index contributed by atoms with van der Waals surface area (Å²) in [6, 6.07) is 9.01. The van der Waals surface area contributed by atoms with Crippen LogP contribution in [0, 0.1) is 5.92 Å². The van der Waals surface area contributed by atoms with Gasteiger partial charge in [-0.1, -0.05) is 12.1 Å². The molecule has 1 amide bonds. The molecule has 7 heteroatoms. The van der Waals surface area contributed by atoms with Crippen LogP contribution in [-0.2, 0) is 4.79 Å². The molecule has 1 atom stereocenters. The SMILES string of the molecule is CC(=O)c1cccc(NC(=O)C2CCCN(c3cnc4nccnc4c3)C2)c1. The van der Waals surface area contributed by atoms with Gasteiger partial charge in [0.05, 0.1) is 17.8 Å². The third kappa shape index (κ3) is 3.83. The van der Waals surface area contributed by atoms with Crippen LogP contribution in [0.2, 0.25) is 0 Å². The Kier molecular flexibility index (Phi) is 4.97. The first kappa shape index (κ1) is 18.0. The fraction of sp³-hybridized carbons (Fsp3) is 0.286. The van der Waals surface area contributed by atoms with Gasteiger partial charge < -0.3 is 10.2 Å². The van der Waals surface area contributed by atoms with Crippen LogP contribution in [0.3, 0.4) is 0 Å². The Hall–Kier alpha value is -3.35. The molecule has 1 aromatic carbocycles. The minimum Gasteiger partial charge on any atom is -0.369 e. The maximum absolute atomic E-state index is 12.8. The van der Waals surface area contributed by atoms with E-state index in [1.165, 1.54) is 6.92 Å². The van der Waals surface area contributed by atoms with Crippen molar-refractivity contribution in [2.24, 2.45) is 5.92 Å². The molecule has 28 heavy (non-hydrogen) atoms. The monoisotopic (exact) mass is 375 g/mol. The lowest BCUT2D eigenvalue weighted by Crippen LogP contribution is -2.40. The minimum atomic E-state index is -0.132. The highest BCUT2D eigenvalue weighted by atomic mass is 16.2. The number of anilines is 2. The van der Waals surface area contributed by atoms with Gasteiger partial charge in [0.1, 0.15) is 5.52 Å². The van der Waals surface area contributed by atoms with E-state index in [2.05, 4.69) is 25.2 Å². The van der Waals surface area contributed by atoms with E-state index in [1.54, 1.807) is 42.9 Å². The largest absolute Gasteiger partial charge is 0.369 e. The van der Waals surface area contributed by atoms with E-state index in [1.807, 2.05) is 6.07 Å². The Labute approximate surface area is 162 Å². The van der Waals surface area contributed by atoms with E-state index in [9.17, 15) is 9.59 Å². The molecule has 0 saturated carbocycles. The minimum absolute atomic E-state index is 0.0214. The number of hydrogen-bond acceptors (Lipinski definition) is 6. The summed E-state index contributed by atoms with van der Waals surface area (Å²) in [6.07, 6.45) is 6.81. The number of nitrogens with one attached hydrogen (secondary N) is 1. The van der Waals surface area contributed by atoms with Gasteiger partial charge in [-0.05, 0) is 38.0 Å². The number of benzene rings is 1. The van der Waals surface area contributed by atoms with E-state index in [0.717, 1.165) is 30.6 Å². The number of ketones is 1. The highest BCUT2D eigenvalue weighted by molar-refractivity contribution is 5.97. The lowest BCUT2D eigenvalue weighted by atomic mass is 9.96. The van der Waals surface area contributed by atoms with Gasteiger partial charge in [0.2, 0.25) is 5.91 Å². The normalized spacial score (nSPS) is 16.8. The van der Waals surface area contributed by atoms with Gasteiger partial charge >= 0.3 is 0 Å². The highest BCUT2D eigenvalue weighted by Gasteiger charge is 2.26. The predicted octanol–water partition coefficient (Wildman–Crippen LogP) is 3.08. The number of rotatable bonds is 4. The fourth-order valence-electron chi connectivity index (χ4n) is 3.51. The molecule has 0 radical (unpaired) electrons. The van der Waals surface area contributed by atoms with Crippen LogP contribution in [0.15, 0.2) is 48.9 Å². The van der Waals surface area contributed by atoms with Crippen molar-refractivity contribution in [3.63, 3.8) is 0 Å². The zero-order chi connectivity index (χ0) is 19.5. The number of aromatic nitrogens is 3. The summed E-state index contributed by atoms with van der Waals surface area (Å²) in [6.45, 7) is 3.00. The molecule has 1 fully saturated rings. The van der Waals surface area contributed by atoms with E-state index in [0.29, 0.717) is 23.4 Å². The summed E-state index contributed by atoms with van der Waals surface area (Å²) in [5.41, 5.74) is 3.54. The molecule has 4 rings (SSSR count). The van der Waals surface area contributed by atoms with Crippen molar-refractivity contribution in [2.75, 3.05) is 23.3 Å². The number of Topliss-reactive ketones (excluding diaryl/α,β-unsaturated/α-hetero) is 1. The lowest BCUT2D eigenvalue weighted by Gasteiger charge is -2.33. The summed E-state index contributed by atoms with van der Waals surface area (Å²) in [5.74, 6) is -0.182. The predicted molar refractivity (Wildman–Crippen MR) is 107 cm³/mol. The van der Waals surface area contributed by atoms with E-state index >= 15 is 0 Å². The number of piperidine rings is 1. The first-order chi connectivity index (χ1) is 13.6. The third-order valence-electron chi connectivity index (χ3n) is 5.00. The van der Waals surface area contributed by atoms with Gasteiger partial charge in [-0.3, -0.25) is 14.6 Å². The molecule has 2 aromatic heterocycles. The Balaban J connectivity index is 1.47. The second-order valence-corrected chi connectivity index (χ2v) is 7.00. The van der Waals surface area contributed by atoms with Gasteiger partial charge in [0, 0.05) is 36.7 Å².